The van der Waals surface area contributed by atoms with Crippen LogP contribution in [0.3, 0.4) is 0 Å². The van der Waals surface area contributed by atoms with E-state index in [9.17, 15) is 4.79 Å². The van der Waals surface area contributed by atoms with Crippen LogP contribution >= 0.6 is 0 Å². The number of hydrogen-bond donors (Lipinski definition) is 2. The number of rotatable bonds is 6. The molecule has 0 aliphatic rings. The maximum absolute atomic E-state index is 12.4. The lowest BCUT2D eigenvalue weighted by atomic mass is 10.1. The highest BCUT2D eigenvalue weighted by molar-refractivity contribution is 5.99. The van der Waals surface area contributed by atoms with Gasteiger partial charge in [0.15, 0.2) is 0 Å². The molecule has 0 saturated heterocycles. The Morgan fingerprint density at radius 1 is 1.35 bits per heavy atom. The molecule has 3 rings (SSSR count). The predicted molar refractivity (Wildman–Crippen MR) is 87.7 cm³/mol. The van der Waals surface area contributed by atoms with Gasteiger partial charge in [0.25, 0.3) is 5.91 Å². The molecule has 23 heavy (non-hydrogen) atoms. The fraction of sp³-hybridized carbons (Fsp3) is 0.235. The van der Waals surface area contributed by atoms with E-state index in [0.29, 0.717) is 18.0 Å². The van der Waals surface area contributed by atoms with Gasteiger partial charge in [-0.2, -0.15) is 5.10 Å². The lowest BCUT2D eigenvalue weighted by molar-refractivity contribution is 0.0947. The molecular formula is C17H19N5O. The Morgan fingerprint density at radius 3 is 2.91 bits per heavy atom. The van der Waals surface area contributed by atoms with E-state index in [0.717, 1.165) is 17.8 Å². The number of imidazole rings is 1. The predicted octanol–water partition coefficient (Wildman–Crippen LogP) is 2.34. The number of nitrogens with zero attached hydrogens (tertiary/aromatic N) is 3. The largest absolute Gasteiger partial charge is 0.352 e. The molecule has 6 heteroatoms. The number of carbonyl (C=O) groups excluding carboxylic acids is 1. The molecule has 0 aliphatic carbocycles. The van der Waals surface area contributed by atoms with Crippen molar-refractivity contribution in [3.05, 3.63) is 60.8 Å². The number of hydrogen-bond acceptors (Lipinski definition) is 3. The molecule has 6 nitrogen and oxygen atoms in total. The first-order valence-corrected chi connectivity index (χ1v) is 7.57. The zero-order valence-corrected chi connectivity index (χ0v) is 12.9. The molecule has 1 aromatic carbocycles. The van der Waals surface area contributed by atoms with Crippen LogP contribution in [0.15, 0.2) is 55.2 Å². The third-order valence-corrected chi connectivity index (χ3v) is 3.64. The SMILES string of the molecule is CC(CNC(=O)c1cn[nH]c1-c1ccccc1)Cn1ccnc1. The molecule has 1 atom stereocenters. The van der Waals surface area contributed by atoms with E-state index < -0.39 is 0 Å². The highest BCUT2D eigenvalue weighted by atomic mass is 16.1. The van der Waals surface area contributed by atoms with Crippen LogP contribution in [0.25, 0.3) is 11.3 Å². The molecule has 2 aromatic heterocycles. The van der Waals surface area contributed by atoms with Gasteiger partial charge in [0.05, 0.1) is 23.8 Å². The highest BCUT2D eigenvalue weighted by Gasteiger charge is 2.15. The second kappa shape index (κ2) is 6.91. The topological polar surface area (TPSA) is 75.6 Å². The van der Waals surface area contributed by atoms with Crippen molar-refractivity contribution in [1.82, 2.24) is 25.1 Å². The van der Waals surface area contributed by atoms with Gasteiger partial charge in [-0.15, -0.1) is 0 Å². The Labute approximate surface area is 134 Å². The van der Waals surface area contributed by atoms with Gasteiger partial charge in [-0.05, 0) is 5.92 Å². The fourth-order valence-electron chi connectivity index (χ4n) is 2.46. The lowest BCUT2D eigenvalue weighted by Gasteiger charge is -2.13. The average Bonchev–Trinajstić information content (AvgIpc) is 3.25. The summed E-state index contributed by atoms with van der Waals surface area (Å²) >= 11 is 0. The van der Waals surface area contributed by atoms with Gasteiger partial charge in [-0.1, -0.05) is 37.3 Å². The molecule has 1 amide bonds. The molecule has 0 spiro atoms. The summed E-state index contributed by atoms with van der Waals surface area (Å²) in [5.41, 5.74) is 2.25. The zero-order chi connectivity index (χ0) is 16.1. The average molecular weight is 309 g/mol. The molecular weight excluding hydrogens is 290 g/mol. The van der Waals surface area contributed by atoms with Gasteiger partial charge >= 0.3 is 0 Å². The highest BCUT2D eigenvalue weighted by Crippen LogP contribution is 2.20. The van der Waals surface area contributed by atoms with Crippen molar-refractivity contribution in [2.24, 2.45) is 5.92 Å². The van der Waals surface area contributed by atoms with Crippen LogP contribution < -0.4 is 5.32 Å². The van der Waals surface area contributed by atoms with Crippen molar-refractivity contribution in [1.29, 1.82) is 0 Å². The molecule has 0 radical (unpaired) electrons. The van der Waals surface area contributed by atoms with Crippen LogP contribution in [0.4, 0.5) is 0 Å². The summed E-state index contributed by atoms with van der Waals surface area (Å²) in [4.78, 5) is 16.4. The van der Waals surface area contributed by atoms with Crippen molar-refractivity contribution in [3.8, 4) is 11.3 Å². The summed E-state index contributed by atoms with van der Waals surface area (Å²) in [7, 11) is 0. The monoisotopic (exact) mass is 309 g/mol. The summed E-state index contributed by atoms with van der Waals surface area (Å²) in [6.45, 7) is 3.50. The van der Waals surface area contributed by atoms with Crippen molar-refractivity contribution in [2.45, 2.75) is 13.5 Å². The number of benzene rings is 1. The smallest absolute Gasteiger partial charge is 0.255 e. The molecule has 0 bridgehead atoms. The Bertz CT molecular complexity index is 748. The van der Waals surface area contributed by atoms with Gasteiger partial charge in [-0.25, -0.2) is 4.98 Å². The van der Waals surface area contributed by atoms with Crippen molar-refractivity contribution >= 4 is 5.91 Å². The normalized spacial score (nSPS) is 12.0. The Hall–Kier alpha value is -2.89. The third kappa shape index (κ3) is 3.66. The summed E-state index contributed by atoms with van der Waals surface area (Å²) in [5, 5.41) is 9.89. The lowest BCUT2D eigenvalue weighted by Crippen LogP contribution is -2.30. The first kappa shape index (κ1) is 15.0. The van der Waals surface area contributed by atoms with Crippen molar-refractivity contribution < 1.29 is 4.79 Å². The molecule has 0 saturated carbocycles. The van der Waals surface area contributed by atoms with E-state index in [1.807, 2.05) is 41.1 Å². The summed E-state index contributed by atoms with van der Waals surface area (Å²) in [6, 6.07) is 9.71. The molecule has 2 N–H and O–H groups in total. The van der Waals surface area contributed by atoms with Gasteiger partial charge in [-0.3, -0.25) is 9.89 Å². The minimum absolute atomic E-state index is 0.116. The summed E-state index contributed by atoms with van der Waals surface area (Å²) in [6.07, 6.45) is 7.02. The van der Waals surface area contributed by atoms with E-state index in [2.05, 4.69) is 27.4 Å². The summed E-state index contributed by atoms with van der Waals surface area (Å²) < 4.78 is 2.00. The molecule has 0 fully saturated rings. The van der Waals surface area contributed by atoms with Gasteiger partial charge < -0.3 is 9.88 Å². The molecule has 2 heterocycles. The second-order valence-electron chi connectivity index (χ2n) is 5.60. The maximum Gasteiger partial charge on any atom is 0.255 e. The minimum Gasteiger partial charge on any atom is -0.352 e. The number of aromatic amines is 1. The van der Waals surface area contributed by atoms with Crippen LogP contribution in [0.2, 0.25) is 0 Å². The Balaban J connectivity index is 1.62. The first-order chi connectivity index (χ1) is 11.2. The zero-order valence-electron chi connectivity index (χ0n) is 12.9. The van der Waals surface area contributed by atoms with Crippen LogP contribution in [0.1, 0.15) is 17.3 Å². The first-order valence-electron chi connectivity index (χ1n) is 7.57. The van der Waals surface area contributed by atoms with Crippen LogP contribution in [0.5, 0.6) is 0 Å². The van der Waals surface area contributed by atoms with Crippen LogP contribution in [-0.2, 0) is 6.54 Å². The van der Waals surface area contributed by atoms with E-state index in [-0.39, 0.29) is 5.91 Å². The fourth-order valence-corrected chi connectivity index (χ4v) is 2.46. The number of nitrogens with one attached hydrogen (secondary N) is 2. The van der Waals surface area contributed by atoms with E-state index in [4.69, 9.17) is 0 Å². The number of carbonyl (C=O) groups is 1. The quantitative estimate of drug-likeness (QED) is 0.734. The standard InChI is InChI=1S/C17H19N5O/c1-13(11-22-8-7-18-12-22)9-19-17(23)15-10-20-21-16(15)14-5-3-2-4-6-14/h2-8,10,12-13H,9,11H2,1H3,(H,19,23)(H,20,21). The minimum atomic E-state index is -0.116. The van der Waals surface area contributed by atoms with Gasteiger partial charge in [0.2, 0.25) is 0 Å². The van der Waals surface area contributed by atoms with Gasteiger partial charge in [0.1, 0.15) is 0 Å². The van der Waals surface area contributed by atoms with E-state index in [1.54, 1.807) is 18.7 Å². The van der Waals surface area contributed by atoms with Crippen molar-refractivity contribution in [3.63, 3.8) is 0 Å². The van der Waals surface area contributed by atoms with Gasteiger partial charge in [0, 0.05) is 31.0 Å². The van der Waals surface area contributed by atoms with E-state index >= 15 is 0 Å². The summed E-state index contributed by atoms with van der Waals surface area (Å²) in [5.74, 6) is 0.190. The molecule has 3 aromatic rings. The van der Waals surface area contributed by atoms with Crippen LogP contribution in [0, 0.1) is 5.92 Å². The maximum atomic E-state index is 12.4. The third-order valence-electron chi connectivity index (χ3n) is 3.64. The Morgan fingerprint density at radius 2 is 2.17 bits per heavy atom. The van der Waals surface area contributed by atoms with Crippen molar-refractivity contribution in [2.75, 3.05) is 6.54 Å². The van der Waals surface area contributed by atoms with Crippen LogP contribution in [-0.4, -0.2) is 32.2 Å². The molecule has 1 unspecified atom stereocenters. The number of amides is 1. The number of H-pyrrole nitrogens is 1. The number of aromatic nitrogens is 4. The molecule has 0 aliphatic heterocycles. The second-order valence-corrected chi connectivity index (χ2v) is 5.60. The molecule has 118 valence electrons. The Kier molecular flexibility index (Phi) is 4.52. The van der Waals surface area contributed by atoms with E-state index in [1.165, 1.54) is 0 Å².